The summed E-state index contributed by atoms with van der Waals surface area (Å²) in [7, 11) is 0. The number of rotatable bonds is 8. The molecule has 0 unspecified atom stereocenters. The highest BCUT2D eigenvalue weighted by Crippen LogP contribution is 1.98. The van der Waals surface area contributed by atoms with Gasteiger partial charge in [-0.3, -0.25) is 9.69 Å². The van der Waals surface area contributed by atoms with Crippen LogP contribution in [-0.4, -0.2) is 78.5 Å². The molecular formula is C12H21N3O6. The van der Waals surface area contributed by atoms with Crippen LogP contribution >= 0.6 is 0 Å². The van der Waals surface area contributed by atoms with Gasteiger partial charge in [0, 0.05) is 32.6 Å². The van der Waals surface area contributed by atoms with Gasteiger partial charge in [0.1, 0.15) is 6.04 Å². The molecule has 4 N–H and O–H groups in total. The molecular weight excluding hydrogens is 282 g/mol. The Bertz CT molecular complexity index is 370. The summed E-state index contributed by atoms with van der Waals surface area (Å²) >= 11 is 0. The Morgan fingerprint density at radius 2 is 1.86 bits per heavy atom. The molecule has 0 aromatic rings. The van der Waals surface area contributed by atoms with Crippen LogP contribution in [-0.2, 0) is 14.3 Å². The highest BCUT2D eigenvalue weighted by Gasteiger charge is 2.20. The number of morpholine rings is 1. The summed E-state index contributed by atoms with van der Waals surface area (Å²) in [5, 5.41) is 22.2. The quantitative estimate of drug-likeness (QED) is 0.450. The number of urea groups is 1. The molecule has 2 amide bonds. The molecule has 0 spiro atoms. The van der Waals surface area contributed by atoms with Crippen molar-refractivity contribution in [2.24, 2.45) is 0 Å². The Kier molecular flexibility index (Phi) is 7.48. The Hall–Kier alpha value is -1.87. The molecule has 1 aliphatic rings. The van der Waals surface area contributed by atoms with E-state index in [1.165, 1.54) is 0 Å². The average Bonchev–Trinajstić information content (AvgIpc) is 2.44. The van der Waals surface area contributed by atoms with Crippen molar-refractivity contribution in [2.75, 3.05) is 39.4 Å². The maximum atomic E-state index is 11.6. The van der Waals surface area contributed by atoms with E-state index in [1.54, 1.807) is 0 Å². The summed E-state index contributed by atoms with van der Waals surface area (Å²) in [6.45, 7) is 3.99. The van der Waals surface area contributed by atoms with Crippen molar-refractivity contribution >= 4 is 18.0 Å². The van der Waals surface area contributed by atoms with Gasteiger partial charge in [0.25, 0.3) is 0 Å². The molecule has 0 aromatic heterocycles. The predicted molar refractivity (Wildman–Crippen MR) is 72.1 cm³/mol. The van der Waals surface area contributed by atoms with Gasteiger partial charge in [0.05, 0.1) is 13.2 Å². The average molecular weight is 303 g/mol. The Morgan fingerprint density at radius 1 is 1.19 bits per heavy atom. The van der Waals surface area contributed by atoms with Gasteiger partial charge in [-0.2, -0.15) is 0 Å². The Morgan fingerprint density at radius 3 is 2.43 bits per heavy atom. The minimum Gasteiger partial charge on any atom is -0.481 e. The summed E-state index contributed by atoms with van der Waals surface area (Å²) in [6, 6.07) is -1.81. The van der Waals surface area contributed by atoms with E-state index in [4.69, 9.17) is 14.9 Å². The monoisotopic (exact) mass is 303 g/mol. The lowest BCUT2D eigenvalue weighted by Crippen LogP contribution is -2.48. The summed E-state index contributed by atoms with van der Waals surface area (Å²) in [6.07, 6.45) is -0.466. The van der Waals surface area contributed by atoms with Crippen LogP contribution in [0, 0.1) is 0 Å². The van der Waals surface area contributed by atoms with Crippen LogP contribution in [0.3, 0.4) is 0 Å². The van der Waals surface area contributed by atoms with Gasteiger partial charge >= 0.3 is 18.0 Å². The second kappa shape index (κ2) is 9.14. The van der Waals surface area contributed by atoms with E-state index < -0.39 is 24.0 Å². The first kappa shape index (κ1) is 17.2. The van der Waals surface area contributed by atoms with Gasteiger partial charge < -0.3 is 25.6 Å². The van der Waals surface area contributed by atoms with Crippen molar-refractivity contribution in [1.29, 1.82) is 0 Å². The molecule has 0 saturated carbocycles. The molecule has 1 rings (SSSR count). The van der Waals surface area contributed by atoms with Crippen LogP contribution in [0.4, 0.5) is 4.79 Å². The summed E-state index contributed by atoms with van der Waals surface area (Å²) < 4.78 is 5.20. The Balaban J connectivity index is 2.22. The van der Waals surface area contributed by atoms with E-state index in [0.717, 1.165) is 13.1 Å². The topological polar surface area (TPSA) is 128 Å². The molecule has 0 aromatic carbocycles. The van der Waals surface area contributed by atoms with E-state index in [1.807, 2.05) is 0 Å². The van der Waals surface area contributed by atoms with Crippen LogP contribution in [0.5, 0.6) is 0 Å². The van der Waals surface area contributed by atoms with Gasteiger partial charge in [0.2, 0.25) is 0 Å². The number of carboxylic acid groups (broad SMARTS) is 2. The SMILES string of the molecule is O=C(O)CC[C@H](NC(=O)NCCN1CCOCC1)C(=O)O. The molecule has 1 atom stereocenters. The molecule has 1 aliphatic heterocycles. The summed E-state index contributed by atoms with van der Waals surface area (Å²) in [4.78, 5) is 35.0. The van der Waals surface area contributed by atoms with Gasteiger partial charge in [-0.1, -0.05) is 0 Å². The van der Waals surface area contributed by atoms with Gasteiger partial charge in [-0.15, -0.1) is 0 Å². The molecule has 1 saturated heterocycles. The first-order valence-corrected chi connectivity index (χ1v) is 6.78. The van der Waals surface area contributed by atoms with E-state index in [0.29, 0.717) is 26.3 Å². The molecule has 1 heterocycles. The minimum atomic E-state index is -1.25. The van der Waals surface area contributed by atoms with Crippen molar-refractivity contribution in [3.63, 3.8) is 0 Å². The molecule has 1 fully saturated rings. The first-order valence-electron chi connectivity index (χ1n) is 6.78. The van der Waals surface area contributed by atoms with E-state index >= 15 is 0 Å². The largest absolute Gasteiger partial charge is 0.481 e. The molecule has 0 radical (unpaired) electrons. The van der Waals surface area contributed by atoms with Gasteiger partial charge in [-0.05, 0) is 6.42 Å². The number of carboxylic acids is 2. The second-order valence-corrected chi connectivity index (χ2v) is 4.68. The molecule has 120 valence electrons. The smallest absolute Gasteiger partial charge is 0.326 e. The predicted octanol–water partition coefficient (Wildman–Crippen LogP) is -1.06. The van der Waals surface area contributed by atoms with Crippen molar-refractivity contribution in [3.8, 4) is 0 Å². The lowest BCUT2D eigenvalue weighted by atomic mass is 10.1. The maximum Gasteiger partial charge on any atom is 0.326 e. The summed E-state index contributed by atoms with van der Waals surface area (Å²) in [5.41, 5.74) is 0. The van der Waals surface area contributed by atoms with E-state index in [-0.39, 0.29) is 12.8 Å². The number of hydrogen-bond acceptors (Lipinski definition) is 5. The zero-order valence-electron chi connectivity index (χ0n) is 11.7. The van der Waals surface area contributed by atoms with Crippen LogP contribution < -0.4 is 10.6 Å². The Labute approximate surface area is 122 Å². The van der Waals surface area contributed by atoms with Crippen molar-refractivity contribution in [1.82, 2.24) is 15.5 Å². The number of carbonyl (C=O) groups is 3. The maximum absolute atomic E-state index is 11.6. The lowest BCUT2D eigenvalue weighted by molar-refractivity contribution is -0.140. The molecule has 9 heteroatoms. The third kappa shape index (κ3) is 7.47. The van der Waals surface area contributed by atoms with E-state index in [9.17, 15) is 14.4 Å². The van der Waals surface area contributed by atoms with E-state index in [2.05, 4.69) is 15.5 Å². The molecule has 0 aliphatic carbocycles. The number of amides is 2. The second-order valence-electron chi connectivity index (χ2n) is 4.68. The van der Waals surface area contributed by atoms with Gasteiger partial charge in [0.15, 0.2) is 0 Å². The molecule has 21 heavy (non-hydrogen) atoms. The lowest BCUT2D eigenvalue weighted by Gasteiger charge is -2.26. The number of hydrogen-bond donors (Lipinski definition) is 4. The number of ether oxygens (including phenoxy) is 1. The first-order chi connectivity index (χ1) is 9.99. The fourth-order valence-corrected chi connectivity index (χ4v) is 1.89. The third-order valence-electron chi connectivity index (χ3n) is 3.07. The standard InChI is InChI=1S/C12H21N3O6/c16-10(17)2-1-9(11(18)19)14-12(20)13-3-4-15-5-7-21-8-6-15/h9H,1-8H2,(H,16,17)(H,18,19)(H2,13,14,20)/t9-/m0/s1. The van der Waals surface area contributed by atoms with Crippen molar-refractivity contribution < 1.29 is 29.3 Å². The normalized spacial score (nSPS) is 17.0. The fourth-order valence-electron chi connectivity index (χ4n) is 1.89. The third-order valence-corrected chi connectivity index (χ3v) is 3.07. The number of nitrogens with one attached hydrogen (secondary N) is 2. The number of aliphatic carboxylic acids is 2. The number of carbonyl (C=O) groups excluding carboxylic acids is 1. The number of nitrogens with zero attached hydrogens (tertiary/aromatic N) is 1. The van der Waals surface area contributed by atoms with Crippen molar-refractivity contribution in [3.05, 3.63) is 0 Å². The van der Waals surface area contributed by atoms with Crippen molar-refractivity contribution in [2.45, 2.75) is 18.9 Å². The van der Waals surface area contributed by atoms with Crippen LogP contribution in [0.25, 0.3) is 0 Å². The van der Waals surface area contributed by atoms with Crippen LogP contribution in [0.15, 0.2) is 0 Å². The van der Waals surface area contributed by atoms with Crippen LogP contribution in [0.2, 0.25) is 0 Å². The summed E-state index contributed by atoms with van der Waals surface area (Å²) in [5.74, 6) is -2.35. The minimum absolute atomic E-state index is 0.151. The van der Waals surface area contributed by atoms with Crippen LogP contribution in [0.1, 0.15) is 12.8 Å². The zero-order valence-corrected chi connectivity index (χ0v) is 11.7. The zero-order chi connectivity index (χ0) is 15.7. The molecule has 0 bridgehead atoms. The highest BCUT2D eigenvalue weighted by atomic mass is 16.5. The fraction of sp³-hybridized carbons (Fsp3) is 0.750. The van der Waals surface area contributed by atoms with Gasteiger partial charge in [-0.25, -0.2) is 9.59 Å². The highest BCUT2D eigenvalue weighted by molar-refractivity contribution is 5.82. The molecule has 9 nitrogen and oxygen atoms in total.